The highest BCUT2D eigenvalue weighted by atomic mass is 28.4. The first kappa shape index (κ1) is 21.6. The topological polar surface area (TPSA) is 52.6 Å². The average molecular weight is 365 g/mol. The fraction of sp³-hybridized carbons (Fsp3) is 0.600. The van der Waals surface area contributed by atoms with Crippen LogP contribution in [-0.4, -0.2) is 33.3 Å². The molecule has 4 nitrogen and oxygen atoms in total. The molecule has 1 rings (SSSR count). The van der Waals surface area contributed by atoms with Crippen molar-refractivity contribution in [2.75, 3.05) is 6.61 Å². The first-order valence-electron chi connectivity index (χ1n) is 8.89. The lowest BCUT2D eigenvalue weighted by molar-refractivity contribution is -0.154. The van der Waals surface area contributed by atoms with Gasteiger partial charge in [-0.25, -0.2) is 4.79 Å². The van der Waals surface area contributed by atoms with Crippen LogP contribution in [0.2, 0.25) is 18.1 Å². The summed E-state index contributed by atoms with van der Waals surface area (Å²) >= 11 is 0. The monoisotopic (exact) mass is 364 g/mol. The third-order valence-corrected chi connectivity index (χ3v) is 9.49. The fourth-order valence-electron chi connectivity index (χ4n) is 2.50. The molecule has 0 aromatic heterocycles. The summed E-state index contributed by atoms with van der Waals surface area (Å²) in [7, 11) is -2.23. The van der Waals surface area contributed by atoms with E-state index in [1.165, 1.54) is 0 Å². The second kappa shape index (κ2) is 8.76. The molecule has 0 spiro atoms. The molecule has 0 saturated carbocycles. The lowest BCUT2D eigenvalue weighted by Gasteiger charge is -2.41. The van der Waals surface area contributed by atoms with Crippen LogP contribution in [0.15, 0.2) is 30.3 Å². The highest BCUT2D eigenvalue weighted by molar-refractivity contribution is 6.74. The Kier molecular flexibility index (Phi) is 7.56. The Hall–Kier alpha value is -1.46. The summed E-state index contributed by atoms with van der Waals surface area (Å²) in [5, 5.41) is -0.0522. The number of aldehydes is 1. The molecule has 0 heterocycles. The number of hydrogen-bond acceptors (Lipinski definition) is 4. The predicted octanol–water partition coefficient (Wildman–Crippen LogP) is 4.56. The zero-order chi connectivity index (χ0) is 19.3. The highest BCUT2D eigenvalue weighted by Gasteiger charge is 2.45. The van der Waals surface area contributed by atoms with Crippen LogP contribution in [0, 0.1) is 5.92 Å². The lowest BCUT2D eigenvalue weighted by atomic mass is 9.83. The van der Waals surface area contributed by atoms with E-state index in [4.69, 9.17) is 9.16 Å². The first-order chi connectivity index (χ1) is 11.5. The Labute approximate surface area is 153 Å². The molecule has 0 aliphatic rings. The van der Waals surface area contributed by atoms with Gasteiger partial charge in [-0.05, 0) is 30.6 Å². The van der Waals surface area contributed by atoms with Crippen LogP contribution in [0.25, 0.3) is 0 Å². The SMILES string of the molecule is CCOC(=O)[C@@H](O[Si](C)(C)C(C)(C)C)[C@@H](c1ccccc1)C(C)C=O. The van der Waals surface area contributed by atoms with E-state index in [0.717, 1.165) is 11.8 Å². The quantitative estimate of drug-likeness (QED) is 0.385. The maximum absolute atomic E-state index is 12.7. The third-order valence-electron chi connectivity index (χ3n) is 5.04. The smallest absolute Gasteiger partial charge is 0.334 e. The zero-order valence-corrected chi connectivity index (χ0v) is 17.5. The summed E-state index contributed by atoms with van der Waals surface area (Å²) in [4.78, 5) is 24.3. The molecule has 0 radical (unpaired) electrons. The van der Waals surface area contributed by atoms with Gasteiger partial charge >= 0.3 is 5.97 Å². The van der Waals surface area contributed by atoms with E-state index in [9.17, 15) is 9.59 Å². The summed E-state index contributed by atoms with van der Waals surface area (Å²) in [5.74, 6) is -1.12. The summed E-state index contributed by atoms with van der Waals surface area (Å²) in [6.45, 7) is 14.5. The second-order valence-electron chi connectivity index (χ2n) is 7.98. The molecular formula is C20H32O4Si. The van der Waals surface area contributed by atoms with Crippen molar-refractivity contribution in [3.63, 3.8) is 0 Å². The van der Waals surface area contributed by atoms with E-state index in [-0.39, 0.29) is 23.5 Å². The highest BCUT2D eigenvalue weighted by Crippen LogP contribution is 2.40. The van der Waals surface area contributed by atoms with E-state index in [0.29, 0.717) is 0 Å². The van der Waals surface area contributed by atoms with Crippen molar-refractivity contribution in [1.29, 1.82) is 0 Å². The number of carbonyl (C=O) groups excluding carboxylic acids is 2. The minimum atomic E-state index is -2.23. The number of ether oxygens (including phenoxy) is 1. The molecule has 1 unspecified atom stereocenters. The maximum Gasteiger partial charge on any atom is 0.334 e. The fourth-order valence-corrected chi connectivity index (χ4v) is 3.73. The molecule has 0 N–H and O–H groups in total. The van der Waals surface area contributed by atoms with Crippen molar-refractivity contribution in [1.82, 2.24) is 0 Å². The van der Waals surface area contributed by atoms with Crippen LogP contribution >= 0.6 is 0 Å². The molecule has 25 heavy (non-hydrogen) atoms. The summed E-state index contributed by atoms with van der Waals surface area (Å²) in [6.07, 6.45) is 0.0993. The maximum atomic E-state index is 12.7. The van der Waals surface area contributed by atoms with E-state index < -0.39 is 20.4 Å². The summed E-state index contributed by atoms with van der Waals surface area (Å²) in [5.41, 5.74) is 0.916. The number of benzene rings is 1. The molecular weight excluding hydrogens is 332 g/mol. The molecule has 1 aromatic carbocycles. The largest absolute Gasteiger partial charge is 0.464 e. The molecule has 140 valence electrons. The molecule has 3 atom stereocenters. The van der Waals surface area contributed by atoms with Crippen molar-refractivity contribution in [3.8, 4) is 0 Å². The summed E-state index contributed by atoms with van der Waals surface area (Å²) < 4.78 is 11.8. The first-order valence-corrected chi connectivity index (χ1v) is 11.8. The van der Waals surface area contributed by atoms with Gasteiger partial charge in [0.2, 0.25) is 0 Å². The van der Waals surface area contributed by atoms with Crippen molar-refractivity contribution >= 4 is 20.6 Å². The molecule has 0 aliphatic carbocycles. The third kappa shape index (κ3) is 5.51. The Morgan fingerprint density at radius 3 is 2.20 bits per heavy atom. The lowest BCUT2D eigenvalue weighted by Crippen LogP contribution is -2.49. The van der Waals surface area contributed by atoms with Gasteiger partial charge in [-0.1, -0.05) is 58.0 Å². The molecule has 0 aliphatic heterocycles. The molecule has 0 bridgehead atoms. The van der Waals surface area contributed by atoms with E-state index in [1.807, 2.05) is 37.3 Å². The second-order valence-corrected chi connectivity index (χ2v) is 12.7. The van der Waals surface area contributed by atoms with Crippen LogP contribution in [0.3, 0.4) is 0 Å². The van der Waals surface area contributed by atoms with Crippen LogP contribution in [0.1, 0.15) is 46.1 Å². The number of hydrogen-bond donors (Lipinski definition) is 0. The number of rotatable bonds is 8. The molecule has 5 heteroatoms. The molecule has 0 fully saturated rings. The van der Waals surface area contributed by atoms with Gasteiger partial charge in [0, 0.05) is 11.8 Å². The van der Waals surface area contributed by atoms with Gasteiger partial charge < -0.3 is 14.0 Å². The van der Waals surface area contributed by atoms with Crippen molar-refractivity contribution in [2.45, 2.75) is 64.8 Å². The van der Waals surface area contributed by atoms with E-state index in [1.54, 1.807) is 6.92 Å². The van der Waals surface area contributed by atoms with E-state index in [2.05, 4.69) is 33.9 Å². The minimum Gasteiger partial charge on any atom is -0.464 e. The predicted molar refractivity (Wildman–Crippen MR) is 103 cm³/mol. The zero-order valence-electron chi connectivity index (χ0n) is 16.5. The van der Waals surface area contributed by atoms with Crippen LogP contribution in [0.5, 0.6) is 0 Å². The number of carbonyl (C=O) groups is 2. The van der Waals surface area contributed by atoms with Gasteiger partial charge in [0.1, 0.15) is 6.29 Å². The average Bonchev–Trinajstić information content (AvgIpc) is 2.54. The van der Waals surface area contributed by atoms with Crippen molar-refractivity contribution in [3.05, 3.63) is 35.9 Å². The minimum absolute atomic E-state index is 0.0522. The standard InChI is InChI=1S/C20H32O4Si/c1-8-23-19(22)18(24-25(6,7)20(3,4)5)17(15(2)14-21)16-12-10-9-11-13-16/h9-15,17-18H,8H2,1-7H3/t15?,17-,18+/m1/s1. The Morgan fingerprint density at radius 2 is 1.76 bits per heavy atom. The number of esters is 1. The molecule has 0 saturated heterocycles. The molecule has 0 amide bonds. The van der Waals surface area contributed by atoms with Gasteiger partial charge in [0.25, 0.3) is 0 Å². The van der Waals surface area contributed by atoms with Gasteiger partial charge in [-0.2, -0.15) is 0 Å². The Morgan fingerprint density at radius 1 is 1.20 bits per heavy atom. The summed E-state index contributed by atoms with van der Waals surface area (Å²) in [6, 6.07) is 9.61. The van der Waals surface area contributed by atoms with Gasteiger partial charge in [-0.3, -0.25) is 0 Å². The van der Waals surface area contributed by atoms with Gasteiger partial charge in [0.05, 0.1) is 6.61 Å². The van der Waals surface area contributed by atoms with Crippen LogP contribution in [-0.2, 0) is 18.8 Å². The van der Waals surface area contributed by atoms with Gasteiger partial charge in [0.15, 0.2) is 14.4 Å². The normalized spacial score (nSPS) is 16.0. The Balaban J connectivity index is 3.35. The Bertz CT molecular complexity index is 563. The molecule has 1 aromatic rings. The van der Waals surface area contributed by atoms with Crippen LogP contribution in [0.4, 0.5) is 0 Å². The van der Waals surface area contributed by atoms with Crippen molar-refractivity contribution < 1.29 is 18.8 Å². The van der Waals surface area contributed by atoms with Crippen LogP contribution < -0.4 is 0 Å². The van der Waals surface area contributed by atoms with Crippen molar-refractivity contribution in [2.24, 2.45) is 5.92 Å². The van der Waals surface area contributed by atoms with Gasteiger partial charge in [-0.15, -0.1) is 0 Å². The van der Waals surface area contributed by atoms with E-state index >= 15 is 0 Å².